The Morgan fingerprint density at radius 3 is 3.00 bits per heavy atom. The number of hydrogen-bond acceptors (Lipinski definition) is 6. The van der Waals surface area contributed by atoms with Gasteiger partial charge in [0.05, 0.1) is 12.9 Å². The van der Waals surface area contributed by atoms with Crippen molar-refractivity contribution in [3.05, 3.63) is 52.9 Å². The first-order valence-electron chi connectivity index (χ1n) is 8.05. The molecule has 3 rings (SSSR count). The minimum absolute atomic E-state index is 0.225. The average Bonchev–Trinajstić information content (AvgIpc) is 3.28. The summed E-state index contributed by atoms with van der Waals surface area (Å²) in [7, 11) is 0. The monoisotopic (exact) mass is 357 g/mol. The molecule has 1 amide bonds. The third kappa shape index (κ3) is 4.06. The maximum Gasteiger partial charge on any atom is 0.271 e. The van der Waals surface area contributed by atoms with Gasteiger partial charge in [0.15, 0.2) is 10.8 Å². The van der Waals surface area contributed by atoms with Gasteiger partial charge in [0.25, 0.3) is 5.91 Å². The third-order valence-electron chi connectivity index (χ3n) is 3.48. The lowest BCUT2D eigenvalue weighted by atomic mass is 10.2. The number of thiazole rings is 1. The van der Waals surface area contributed by atoms with Crippen LogP contribution in [0.3, 0.4) is 0 Å². The van der Waals surface area contributed by atoms with Crippen LogP contribution in [0.4, 0.5) is 0 Å². The molecule has 0 aliphatic carbocycles. The van der Waals surface area contributed by atoms with E-state index in [-0.39, 0.29) is 5.91 Å². The molecule has 3 aromatic rings. The Bertz CT molecular complexity index is 843. The fraction of sp³-hybridized carbons (Fsp3) is 0.278. The molecule has 0 radical (unpaired) electrons. The minimum Gasteiger partial charge on any atom is -0.477 e. The topological polar surface area (TPSA) is 77.2 Å². The zero-order valence-corrected chi connectivity index (χ0v) is 14.9. The summed E-state index contributed by atoms with van der Waals surface area (Å²) in [5.74, 6) is 0.988. The van der Waals surface area contributed by atoms with E-state index < -0.39 is 0 Å². The molecular formula is C18H19N3O3S. The molecule has 3 heterocycles. The lowest BCUT2D eigenvalue weighted by Gasteiger charge is -2.10. The van der Waals surface area contributed by atoms with E-state index in [9.17, 15) is 4.79 Å². The number of carbonyl (C=O) groups excluding carboxylic acids is 1. The number of nitrogens with zero attached hydrogens (tertiary/aromatic N) is 2. The smallest absolute Gasteiger partial charge is 0.271 e. The Kier molecular flexibility index (Phi) is 5.45. The minimum atomic E-state index is -0.225. The van der Waals surface area contributed by atoms with Crippen LogP contribution in [0.15, 0.2) is 41.1 Å². The van der Waals surface area contributed by atoms with E-state index in [1.54, 1.807) is 18.5 Å². The fourth-order valence-corrected chi connectivity index (χ4v) is 3.14. The van der Waals surface area contributed by atoms with Crippen LogP contribution in [0.25, 0.3) is 10.8 Å². The number of hydrogen-bond donors (Lipinski definition) is 1. The first kappa shape index (κ1) is 17.2. The van der Waals surface area contributed by atoms with Gasteiger partial charge in [0.1, 0.15) is 5.69 Å². The lowest BCUT2D eigenvalue weighted by molar-refractivity contribution is 0.0945. The Morgan fingerprint density at radius 1 is 1.36 bits per heavy atom. The second-order valence-corrected chi connectivity index (χ2v) is 6.60. The van der Waals surface area contributed by atoms with Crippen LogP contribution in [0.2, 0.25) is 0 Å². The maximum absolute atomic E-state index is 12.5. The van der Waals surface area contributed by atoms with Crippen LogP contribution in [-0.2, 0) is 6.54 Å². The van der Waals surface area contributed by atoms with Gasteiger partial charge in [-0.25, -0.2) is 9.97 Å². The number of carbonyl (C=O) groups is 1. The van der Waals surface area contributed by atoms with Crippen LogP contribution in [0.1, 0.15) is 34.3 Å². The standard InChI is InChI=1S/C18H19N3O3S/c1-3-9-24-17-13(6-4-8-19-17)11-20-16(22)15-12(2)25-18(21-15)14-7-5-10-23-14/h4-8,10H,3,9,11H2,1-2H3,(H,20,22). The van der Waals surface area contributed by atoms with Gasteiger partial charge < -0.3 is 14.5 Å². The van der Waals surface area contributed by atoms with Crippen molar-refractivity contribution in [3.63, 3.8) is 0 Å². The van der Waals surface area contributed by atoms with E-state index in [4.69, 9.17) is 9.15 Å². The Morgan fingerprint density at radius 2 is 2.24 bits per heavy atom. The van der Waals surface area contributed by atoms with Crippen molar-refractivity contribution in [1.82, 2.24) is 15.3 Å². The summed E-state index contributed by atoms with van der Waals surface area (Å²) < 4.78 is 11.0. The highest BCUT2D eigenvalue weighted by Crippen LogP contribution is 2.28. The van der Waals surface area contributed by atoms with Crippen LogP contribution in [-0.4, -0.2) is 22.5 Å². The quantitative estimate of drug-likeness (QED) is 0.695. The van der Waals surface area contributed by atoms with E-state index >= 15 is 0 Å². The van der Waals surface area contributed by atoms with Gasteiger partial charge in [0, 0.05) is 23.2 Å². The van der Waals surface area contributed by atoms with Crippen molar-refractivity contribution >= 4 is 17.2 Å². The summed E-state index contributed by atoms with van der Waals surface area (Å²) in [5, 5.41) is 3.58. The molecule has 130 valence electrons. The zero-order valence-electron chi connectivity index (χ0n) is 14.1. The summed E-state index contributed by atoms with van der Waals surface area (Å²) in [6.07, 6.45) is 4.17. The number of amides is 1. The molecular weight excluding hydrogens is 338 g/mol. The number of furan rings is 1. The van der Waals surface area contributed by atoms with Gasteiger partial charge in [-0.3, -0.25) is 4.79 Å². The number of nitrogens with one attached hydrogen (secondary N) is 1. The molecule has 0 saturated carbocycles. The molecule has 0 fully saturated rings. The molecule has 0 bridgehead atoms. The molecule has 3 aromatic heterocycles. The first-order valence-corrected chi connectivity index (χ1v) is 8.87. The molecule has 0 atom stereocenters. The average molecular weight is 357 g/mol. The van der Waals surface area contributed by atoms with E-state index in [2.05, 4.69) is 15.3 Å². The van der Waals surface area contributed by atoms with Crippen molar-refractivity contribution in [2.24, 2.45) is 0 Å². The maximum atomic E-state index is 12.5. The largest absolute Gasteiger partial charge is 0.477 e. The Balaban J connectivity index is 1.69. The van der Waals surface area contributed by atoms with Gasteiger partial charge >= 0.3 is 0 Å². The Hall–Kier alpha value is -2.67. The van der Waals surface area contributed by atoms with Crippen LogP contribution in [0.5, 0.6) is 5.88 Å². The molecule has 6 nitrogen and oxygen atoms in total. The summed E-state index contributed by atoms with van der Waals surface area (Å²) in [5.41, 5.74) is 1.25. The second kappa shape index (κ2) is 7.94. The second-order valence-electron chi connectivity index (χ2n) is 5.40. The molecule has 25 heavy (non-hydrogen) atoms. The molecule has 0 aliphatic rings. The fourth-order valence-electron chi connectivity index (χ4n) is 2.26. The molecule has 0 saturated heterocycles. The molecule has 0 aliphatic heterocycles. The summed E-state index contributed by atoms with van der Waals surface area (Å²) in [6, 6.07) is 7.34. The highest BCUT2D eigenvalue weighted by molar-refractivity contribution is 7.15. The van der Waals surface area contributed by atoms with Crippen LogP contribution >= 0.6 is 11.3 Å². The number of ether oxygens (including phenoxy) is 1. The third-order valence-corrected chi connectivity index (χ3v) is 4.46. The summed E-state index contributed by atoms with van der Waals surface area (Å²) >= 11 is 1.43. The predicted molar refractivity (Wildman–Crippen MR) is 95.7 cm³/mol. The van der Waals surface area contributed by atoms with Gasteiger partial charge in [0.2, 0.25) is 5.88 Å². The van der Waals surface area contributed by atoms with Gasteiger partial charge in [-0.2, -0.15) is 0 Å². The van der Waals surface area contributed by atoms with Crippen molar-refractivity contribution in [2.45, 2.75) is 26.8 Å². The molecule has 0 aromatic carbocycles. The number of aromatic nitrogens is 2. The number of aryl methyl sites for hydroxylation is 1. The van der Waals surface area contributed by atoms with Crippen molar-refractivity contribution < 1.29 is 13.9 Å². The summed E-state index contributed by atoms with van der Waals surface area (Å²) in [4.78, 5) is 22.0. The van der Waals surface area contributed by atoms with Crippen LogP contribution in [0, 0.1) is 6.92 Å². The number of pyridine rings is 1. The van der Waals surface area contributed by atoms with E-state index in [1.165, 1.54) is 11.3 Å². The Labute approximate surface area is 149 Å². The molecule has 7 heteroatoms. The van der Waals surface area contributed by atoms with Crippen molar-refractivity contribution in [2.75, 3.05) is 6.61 Å². The molecule has 1 N–H and O–H groups in total. The molecule has 0 unspecified atom stereocenters. The lowest BCUT2D eigenvalue weighted by Crippen LogP contribution is -2.24. The van der Waals surface area contributed by atoms with E-state index in [0.717, 1.165) is 16.9 Å². The number of rotatable bonds is 7. The predicted octanol–water partition coefficient (Wildman–Crippen LogP) is 3.83. The van der Waals surface area contributed by atoms with Crippen molar-refractivity contribution in [3.8, 4) is 16.6 Å². The van der Waals surface area contributed by atoms with E-state index in [1.807, 2.05) is 32.0 Å². The summed E-state index contributed by atoms with van der Waals surface area (Å²) in [6.45, 7) is 4.83. The van der Waals surface area contributed by atoms with Gasteiger partial charge in [-0.1, -0.05) is 13.0 Å². The SMILES string of the molecule is CCCOc1ncccc1CNC(=O)c1nc(-c2ccco2)sc1C. The highest BCUT2D eigenvalue weighted by Gasteiger charge is 2.18. The van der Waals surface area contributed by atoms with E-state index in [0.29, 0.717) is 35.5 Å². The highest BCUT2D eigenvalue weighted by atomic mass is 32.1. The zero-order chi connectivity index (χ0) is 17.6. The van der Waals surface area contributed by atoms with Gasteiger partial charge in [-0.15, -0.1) is 11.3 Å². The molecule has 0 spiro atoms. The van der Waals surface area contributed by atoms with Crippen LogP contribution < -0.4 is 10.1 Å². The van der Waals surface area contributed by atoms with Gasteiger partial charge in [-0.05, 0) is 31.5 Å². The first-order chi connectivity index (χ1) is 12.2. The normalized spacial score (nSPS) is 10.6. The van der Waals surface area contributed by atoms with Crippen molar-refractivity contribution in [1.29, 1.82) is 0 Å².